The number of carbonyl (C=O) groups excluding carboxylic acids is 1. The zero-order valence-corrected chi connectivity index (χ0v) is 11.3. The quantitative estimate of drug-likeness (QED) is 0.738. The number of nitrogens with zero attached hydrogens (tertiary/aromatic N) is 2. The van der Waals surface area contributed by atoms with Crippen molar-refractivity contribution in [1.29, 1.82) is 0 Å². The second-order valence-electron chi connectivity index (χ2n) is 4.23. The molecule has 100 valence electrons. The van der Waals surface area contributed by atoms with Crippen LogP contribution in [0.5, 0.6) is 0 Å². The summed E-state index contributed by atoms with van der Waals surface area (Å²) in [6.45, 7) is 6.72. The van der Waals surface area contributed by atoms with Gasteiger partial charge in [0.05, 0.1) is 6.61 Å². The summed E-state index contributed by atoms with van der Waals surface area (Å²) >= 11 is 0. The van der Waals surface area contributed by atoms with Gasteiger partial charge in [0.2, 0.25) is 0 Å². The van der Waals surface area contributed by atoms with Crippen molar-refractivity contribution in [2.24, 2.45) is 0 Å². The lowest BCUT2D eigenvalue weighted by Gasteiger charge is -2.11. The van der Waals surface area contributed by atoms with Gasteiger partial charge in [-0.15, -0.1) is 0 Å². The van der Waals surface area contributed by atoms with E-state index in [1.165, 1.54) is 0 Å². The van der Waals surface area contributed by atoms with E-state index in [4.69, 9.17) is 4.74 Å². The molecule has 1 heterocycles. The number of hydrogen-bond donors (Lipinski definition) is 2. The summed E-state index contributed by atoms with van der Waals surface area (Å²) in [6, 6.07) is 1.90. The second-order valence-corrected chi connectivity index (χ2v) is 4.23. The molecule has 6 heteroatoms. The van der Waals surface area contributed by atoms with E-state index in [1.807, 2.05) is 13.8 Å². The molecular formula is C12H20N4O2. The van der Waals surface area contributed by atoms with E-state index in [0.29, 0.717) is 30.5 Å². The summed E-state index contributed by atoms with van der Waals surface area (Å²) in [5.41, 5.74) is 0.363. The molecule has 2 N–H and O–H groups in total. The highest BCUT2D eigenvalue weighted by atomic mass is 16.5. The summed E-state index contributed by atoms with van der Waals surface area (Å²) in [5.74, 6) is 1.01. The van der Waals surface area contributed by atoms with Crippen LogP contribution in [0.2, 0.25) is 0 Å². The molecule has 1 aromatic heterocycles. The molecule has 0 fully saturated rings. The van der Waals surface area contributed by atoms with E-state index >= 15 is 0 Å². The van der Waals surface area contributed by atoms with E-state index in [9.17, 15) is 4.79 Å². The molecule has 0 radical (unpaired) electrons. The van der Waals surface area contributed by atoms with Gasteiger partial charge in [0, 0.05) is 25.8 Å². The standard InChI is InChI=1S/C12H20N4O2/c1-8(2)14-11-7-10(15-9(3)16-11)12(17)13-5-6-18-4/h7-8H,5-6H2,1-4H3,(H,13,17)(H,14,15,16). The minimum Gasteiger partial charge on any atom is -0.383 e. The summed E-state index contributed by atoms with van der Waals surface area (Å²) in [5, 5.41) is 5.88. The Labute approximate surface area is 107 Å². The van der Waals surface area contributed by atoms with E-state index in [0.717, 1.165) is 0 Å². The fourth-order valence-electron chi connectivity index (χ4n) is 1.41. The molecular weight excluding hydrogens is 232 g/mol. The van der Waals surface area contributed by atoms with Crippen LogP contribution < -0.4 is 10.6 Å². The predicted octanol–water partition coefficient (Wildman–Crippen LogP) is 0.982. The van der Waals surface area contributed by atoms with Gasteiger partial charge >= 0.3 is 0 Å². The van der Waals surface area contributed by atoms with Gasteiger partial charge in [-0.3, -0.25) is 4.79 Å². The lowest BCUT2D eigenvalue weighted by molar-refractivity contribution is 0.0931. The molecule has 0 aromatic carbocycles. The van der Waals surface area contributed by atoms with Crippen LogP contribution >= 0.6 is 0 Å². The number of methoxy groups -OCH3 is 1. The second kappa shape index (κ2) is 6.90. The predicted molar refractivity (Wildman–Crippen MR) is 69.7 cm³/mol. The highest BCUT2D eigenvalue weighted by molar-refractivity contribution is 5.92. The third-order valence-electron chi connectivity index (χ3n) is 2.10. The highest BCUT2D eigenvalue weighted by Gasteiger charge is 2.10. The molecule has 0 saturated heterocycles. The number of aryl methyl sites for hydroxylation is 1. The zero-order chi connectivity index (χ0) is 13.5. The average Bonchev–Trinajstić information content (AvgIpc) is 2.27. The van der Waals surface area contributed by atoms with Gasteiger partial charge in [-0.2, -0.15) is 0 Å². The van der Waals surface area contributed by atoms with Gasteiger partial charge in [0.15, 0.2) is 0 Å². The number of ether oxygens (including phenoxy) is 1. The zero-order valence-electron chi connectivity index (χ0n) is 11.3. The Kier molecular flexibility index (Phi) is 5.51. The minimum atomic E-state index is -0.218. The maximum Gasteiger partial charge on any atom is 0.270 e. The van der Waals surface area contributed by atoms with Crippen molar-refractivity contribution in [3.05, 3.63) is 17.6 Å². The smallest absolute Gasteiger partial charge is 0.270 e. The van der Waals surface area contributed by atoms with Crippen LogP contribution in [0, 0.1) is 6.92 Å². The molecule has 1 amide bonds. The number of hydrogen-bond acceptors (Lipinski definition) is 5. The van der Waals surface area contributed by atoms with Crippen LogP contribution in [-0.4, -0.2) is 42.2 Å². The Morgan fingerprint density at radius 3 is 2.78 bits per heavy atom. The largest absolute Gasteiger partial charge is 0.383 e. The monoisotopic (exact) mass is 252 g/mol. The first-order chi connectivity index (χ1) is 8.52. The summed E-state index contributed by atoms with van der Waals surface area (Å²) in [6.07, 6.45) is 0. The van der Waals surface area contributed by atoms with Crippen molar-refractivity contribution < 1.29 is 9.53 Å². The van der Waals surface area contributed by atoms with Gasteiger partial charge in [-0.1, -0.05) is 0 Å². The third-order valence-corrected chi connectivity index (χ3v) is 2.10. The van der Waals surface area contributed by atoms with Gasteiger partial charge in [0.25, 0.3) is 5.91 Å². The van der Waals surface area contributed by atoms with E-state index in [1.54, 1.807) is 20.1 Å². The Balaban J connectivity index is 2.75. The third kappa shape index (κ3) is 4.67. The van der Waals surface area contributed by atoms with Crippen molar-refractivity contribution in [3.8, 4) is 0 Å². The van der Waals surface area contributed by atoms with Crippen molar-refractivity contribution >= 4 is 11.7 Å². The number of carbonyl (C=O) groups is 1. The van der Waals surface area contributed by atoms with Gasteiger partial charge in [-0.25, -0.2) is 9.97 Å². The lowest BCUT2D eigenvalue weighted by atomic mass is 10.3. The van der Waals surface area contributed by atoms with Crippen LogP contribution in [0.25, 0.3) is 0 Å². The Bertz CT molecular complexity index is 407. The molecule has 0 saturated carbocycles. The number of rotatable bonds is 6. The number of aromatic nitrogens is 2. The van der Waals surface area contributed by atoms with Gasteiger partial charge in [0.1, 0.15) is 17.3 Å². The molecule has 0 atom stereocenters. The first-order valence-corrected chi connectivity index (χ1v) is 5.92. The number of amides is 1. The van der Waals surface area contributed by atoms with Crippen LogP contribution in [0.1, 0.15) is 30.2 Å². The Hall–Kier alpha value is -1.69. The normalized spacial score (nSPS) is 10.5. The first kappa shape index (κ1) is 14.4. The van der Waals surface area contributed by atoms with Crippen molar-refractivity contribution in [1.82, 2.24) is 15.3 Å². The maximum atomic E-state index is 11.8. The SMILES string of the molecule is COCCNC(=O)c1cc(NC(C)C)nc(C)n1. The van der Waals surface area contributed by atoms with E-state index in [2.05, 4.69) is 20.6 Å². The maximum absolute atomic E-state index is 11.8. The molecule has 0 unspecified atom stereocenters. The first-order valence-electron chi connectivity index (χ1n) is 5.92. The lowest BCUT2D eigenvalue weighted by Crippen LogP contribution is -2.28. The van der Waals surface area contributed by atoms with Crippen molar-refractivity contribution in [2.45, 2.75) is 26.8 Å². The van der Waals surface area contributed by atoms with Crippen LogP contribution in [0.15, 0.2) is 6.07 Å². The number of anilines is 1. The van der Waals surface area contributed by atoms with Crippen LogP contribution in [0.3, 0.4) is 0 Å². The molecule has 0 spiro atoms. The molecule has 18 heavy (non-hydrogen) atoms. The minimum absolute atomic E-state index is 0.218. The molecule has 0 aliphatic heterocycles. The van der Waals surface area contributed by atoms with Crippen LogP contribution in [-0.2, 0) is 4.74 Å². The van der Waals surface area contributed by atoms with Crippen LogP contribution in [0.4, 0.5) is 5.82 Å². The molecule has 1 aromatic rings. The Morgan fingerprint density at radius 1 is 1.44 bits per heavy atom. The van der Waals surface area contributed by atoms with Gasteiger partial charge in [-0.05, 0) is 20.8 Å². The van der Waals surface area contributed by atoms with E-state index < -0.39 is 0 Å². The summed E-state index contributed by atoms with van der Waals surface area (Å²) < 4.78 is 4.87. The fourth-order valence-corrected chi connectivity index (χ4v) is 1.41. The van der Waals surface area contributed by atoms with E-state index in [-0.39, 0.29) is 11.9 Å². The van der Waals surface area contributed by atoms with Gasteiger partial charge < -0.3 is 15.4 Å². The van der Waals surface area contributed by atoms with Crippen molar-refractivity contribution in [3.63, 3.8) is 0 Å². The molecule has 0 aliphatic rings. The fraction of sp³-hybridized carbons (Fsp3) is 0.583. The topological polar surface area (TPSA) is 76.1 Å². The average molecular weight is 252 g/mol. The molecule has 6 nitrogen and oxygen atoms in total. The summed E-state index contributed by atoms with van der Waals surface area (Å²) in [7, 11) is 1.59. The summed E-state index contributed by atoms with van der Waals surface area (Å²) in [4.78, 5) is 20.2. The molecule has 0 aliphatic carbocycles. The van der Waals surface area contributed by atoms with Crippen molar-refractivity contribution in [2.75, 3.05) is 25.6 Å². The Morgan fingerprint density at radius 2 is 2.17 bits per heavy atom. The number of nitrogens with one attached hydrogen (secondary N) is 2. The molecule has 1 rings (SSSR count). The molecule has 0 bridgehead atoms. The highest BCUT2D eigenvalue weighted by Crippen LogP contribution is 2.08.